The van der Waals surface area contributed by atoms with Crippen molar-refractivity contribution in [3.05, 3.63) is 45.9 Å². The van der Waals surface area contributed by atoms with Gasteiger partial charge >= 0.3 is 0 Å². The Morgan fingerprint density at radius 1 is 1.44 bits per heavy atom. The van der Waals surface area contributed by atoms with Crippen LogP contribution in [0.3, 0.4) is 0 Å². The van der Waals surface area contributed by atoms with Crippen LogP contribution in [0.5, 0.6) is 0 Å². The maximum absolute atomic E-state index is 5.58. The van der Waals surface area contributed by atoms with Gasteiger partial charge in [-0.25, -0.2) is 0 Å². The number of nitrogens with one attached hydrogen (secondary N) is 1. The summed E-state index contributed by atoms with van der Waals surface area (Å²) < 4.78 is 8.13. The van der Waals surface area contributed by atoms with Gasteiger partial charge in [-0.15, -0.1) is 11.3 Å². The highest BCUT2D eigenvalue weighted by Gasteiger charge is 2.11. The molecule has 92 valence electrons. The first-order chi connectivity index (χ1) is 8.74. The van der Waals surface area contributed by atoms with Crippen LogP contribution in [0.4, 0.5) is 0 Å². The molecule has 1 N–H and O–H groups in total. The number of hydrogen-bond donors (Lipinski definition) is 1. The van der Waals surface area contributed by atoms with Crippen molar-refractivity contribution in [3.63, 3.8) is 0 Å². The fourth-order valence-electron chi connectivity index (χ4n) is 1.78. The van der Waals surface area contributed by atoms with Crippen LogP contribution in [0.25, 0.3) is 10.7 Å². The van der Waals surface area contributed by atoms with Crippen molar-refractivity contribution in [1.29, 1.82) is 0 Å². The van der Waals surface area contributed by atoms with Crippen molar-refractivity contribution < 1.29 is 4.42 Å². The van der Waals surface area contributed by atoms with Crippen LogP contribution >= 0.6 is 23.6 Å². The lowest BCUT2D eigenvalue weighted by Crippen LogP contribution is -2.00. The first-order valence-electron chi connectivity index (χ1n) is 5.48. The molecule has 0 aliphatic carbocycles. The normalized spacial score (nSPS) is 10.9. The summed E-state index contributed by atoms with van der Waals surface area (Å²) in [6.45, 7) is 2.52. The van der Waals surface area contributed by atoms with Gasteiger partial charge in [0.25, 0.3) is 0 Å². The number of furan rings is 1. The van der Waals surface area contributed by atoms with Crippen LogP contribution in [-0.2, 0) is 6.54 Å². The third kappa shape index (κ3) is 2.04. The zero-order chi connectivity index (χ0) is 12.5. The molecule has 3 aromatic rings. The van der Waals surface area contributed by atoms with Gasteiger partial charge in [0.05, 0.1) is 11.4 Å². The fourth-order valence-corrected chi connectivity index (χ4v) is 2.70. The predicted molar refractivity (Wildman–Crippen MR) is 73.3 cm³/mol. The number of aromatic nitrogens is 3. The summed E-state index contributed by atoms with van der Waals surface area (Å²) in [5, 5.41) is 9.13. The Labute approximate surface area is 113 Å². The molecule has 0 spiro atoms. The molecule has 0 bridgehead atoms. The van der Waals surface area contributed by atoms with E-state index in [1.54, 1.807) is 11.3 Å². The molecule has 0 amide bonds. The largest absolute Gasteiger partial charge is 0.464 e. The van der Waals surface area contributed by atoms with Crippen molar-refractivity contribution >= 4 is 23.6 Å². The number of H-pyrrole nitrogens is 1. The molecule has 3 heterocycles. The molecule has 0 saturated heterocycles. The molecule has 6 heteroatoms. The maximum Gasteiger partial charge on any atom is 0.195 e. The molecule has 0 aromatic carbocycles. The minimum atomic E-state index is 0.594. The van der Waals surface area contributed by atoms with E-state index in [0.29, 0.717) is 11.3 Å². The standard InChI is InChI=1S/C12H11N3OS2/c1-8-4-5-9(16-8)7-15-11(13-14-12(15)17)10-3-2-6-18-10/h2-6H,7H2,1H3,(H,14,17). The van der Waals surface area contributed by atoms with Gasteiger partial charge in [0.15, 0.2) is 10.6 Å². The molecule has 3 aromatic heterocycles. The number of rotatable bonds is 3. The van der Waals surface area contributed by atoms with Crippen LogP contribution in [0.15, 0.2) is 34.1 Å². The van der Waals surface area contributed by atoms with E-state index in [0.717, 1.165) is 22.2 Å². The van der Waals surface area contributed by atoms with Gasteiger partial charge < -0.3 is 4.42 Å². The van der Waals surface area contributed by atoms with E-state index >= 15 is 0 Å². The van der Waals surface area contributed by atoms with E-state index in [-0.39, 0.29) is 0 Å². The third-order valence-corrected chi connectivity index (χ3v) is 3.79. The summed E-state index contributed by atoms with van der Waals surface area (Å²) >= 11 is 6.90. The van der Waals surface area contributed by atoms with E-state index in [4.69, 9.17) is 16.6 Å². The van der Waals surface area contributed by atoms with Crippen molar-refractivity contribution in [3.8, 4) is 10.7 Å². The van der Waals surface area contributed by atoms with E-state index in [2.05, 4.69) is 10.2 Å². The van der Waals surface area contributed by atoms with Crippen molar-refractivity contribution in [2.75, 3.05) is 0 Å². The number of aryl methyl sites for hydroxylation is 1. The maximum atomic E-state index is 5.58. The van der Waals surface area contributed by atoms with Crippen LogP contribution in [0.2, 0.25) is 0 Å². The van der Waals surface area contributed by atoms with Crippen LogP contribution in [0.1, 0.15) is 11.5 Å². The average Bonchev–Trinajstić information content (AvgIpc) is 3.03. The quantitative estimate of drug-likeness (QED) is 0.744. The summed E-state index contributed by atoms with van der Waals surface area (Å²) in [6, 6.07) is 7.94. The van der Waals surface area contributed by atoms with E-state index in [1.165, 1.54) is 0 Å². The lowest BCUT2D eigenvalue weighted by molar-refractivity contribution is 0.469. The molecule has 0 fully saturated rings. The number of aromatic amines is 1. The molecule has 18 heavy (non-hydrogen) atoms. The smallest absolute Gasteiger partial charge is 0.195 e. The summed E-state index contributed by atoms with van der Waals surface area (Å²) in [7, 11) is 0. The fraction of sp³-hybridized carbons (Fsp3) is 0.167. The Morgan fingerprint density at radius 3 is 3.00 bits per heavy atom. The SMILES string of the molecule is Cc1ccc(Cn2c(-c3cccs3)n[nH]c2=S)o1. The summed E-state index contributed by atoms with van der Waals surface area (Å²) in [5.41, 5.74) is 0. The Hall–Kier alpha value is -1.66. The highest BCUT2D eigenvalue weighted by Crippen LogP contribution is 2.23. The number of thiophene rings is 1. The minimum Gasteiger partial charge on any atom is -0.464 e. The average molecular weight is 277 g/mol. The van der Waals surface area contributed by atoms with E-state index < -0.39 is 0 Å². The predicted octanol–water partition coefficient (Wildman–Crippen LogP) is 3.62. The molecule has 4 nitrogen and oxygen atoms in total. The Bertz CT molecular complexity index is 706. The topological polar surface area (TPSA) is 46.8 Å². The molecule has 3 rings (SSSR count). The Kier molecular flexibility index (Phi) is 2.89. The monoisotopic (exact) mass is 277 g/mol. The van der Waals surface area contributed by atoms with E-state index in [9.17, 15) is 0 Å². The van der Waals surface area contributed by atoms with Gasteiger partial charge in [0, 0.05) is 0 Å². The second-order valence-corrected chi connectivity index (χ2v) is 5.26. The Balaban J connectivity index is 2.01. The number of hydrogen-bond acceptors (Lipinski definition) is 4. The lowest BCUT2D eigenvalue weighted by atomic mass is 10.4. The van der Waals surface area contributed by atoms with Gasteiger partial charge in [-0.2, -0.15) is 5.10 Å². The minimum absolute atomic E-state index is 0.594. The van der Waals surface area contributed by atoms with Crippen LogP contribution < -0.4 is 0 Å². The molecular weight excluding hydrogens is 266 g/mol. The van der Waals surface area contributed by atoms with Gasteiger partial charge in [-0.05, 0) is 42.7 Å². The van der Waals surface area contributed by atoms with Crippen LogP contribution in [-0.4, -0.2) is 14.8 Å². The lowest BCUT2D eigenvalue weighted by Gasteiger charge is -2.02. The molecular formula is C12H11N3OS2. The summed E-state index contributed by atoms with van der Waals surface area (Å²) in [6.07, 6.45) is 0. The highest BCUT2D eigenvalue weighted by molar-refractivity contribution is 7.71. The Morgan fingerprint density at radius 2 is 2.33 bits per heavy atom. The molecule has 0 aliphatic rings. The van der Waals surface area contributed by atoms with Gasteiger partial charge in [-0.3, -0.25) is 9.67 Å². The molecule has 0 unspecified atom stereocenters. The first-order valence-corrected chi connectivity index (χ1v) is 6.77. The van der Waals surface area contributed by atoms with Crippen molar-refractivity contribution in [1.82, 2.24) is 14.8 Å². The summed E-state index contributed by atoms with van der Waals surface area (Å²) in [5.74, 6) is 2.63. The second kappa shape index (κ2) is 4.55. The zero-order valence-corrected chi connectivity index (χ0v) is 11.3. The highest BCUT2D eigenvalue weighted by atomic mass is 32.1. The second-order valence-electron chi connectivity index (χ2n) is 3.93. The first kappa shape index (κ1) is 11.4. The molecule has 0 atom stereocenters. The number of nitrogens with zero attached hydrogens (tertiary/aromatic N) is 2. The third-order valence-electron chi connectivity index (χ3n) is 2.61. The summed E-state index contributed by atoms with van der Waals surface area (Å²) in [4.78, 5) is 1.09. The molecule has 0 saturated carbocycles. The van der Waals surface area contributed by atoms with Gasteiger partial charge in [0.1, 0.15) is 11.5 Å². The van der Waals surface area contributed by atoms with Crippen molar-refractivity contribution in [2.24, 2.45) is 0 Å². The van der Waals surface area contributed by atoms with Gasteiger partial charge in [-0.1, -0.05) is 6.07 Å². The van der Waals surface area contributed by atoms with Crippen LogP contribution in [0, 0.1) is 11.7 Å². The van der Waals surface area contributed by atoms with Gasteiger partial charge in [0.2, 0.25) is 0 Å². The van der Waals surface area contributed by atoms with Crippen molar-refractivity contribution in [2.45, 2.75) is 13.5 Å². The molecule has 0 radical (unpaired) electrons. The zero-order valence-electron chi connectivity index (χ0n) is 9.71. The van der Waals surface area contributed by atoms with E-state index in [1.807, 2.05) is 41.1 Å². The molecule has 0 aliphatic heterocycles.